The molecule has 51 heavy (non-hydrogen) atoms. The largest absolute Gasteiger partial charge is 0.444 e. The third-order valence-corrected chi connectivity index (χ3v) is 7.01. The lowest BCUT2D eigenvalue weighted by molar-refractivity contribution is -0.111. The van der Waals surface area contributed by atoms with Crippen molar-refractivity contribution < 1.29 is 28.6 Å². The lowest BCUT2D eigenvalue weighted by Gasteiger charge is -2.24. The van der Waals surface area contributed by atoms with Gasteiger partial charge in [0.25, 0.3) is 0 Å². The first kappa shape index (κ1) is 49.9. The number of rotatable bonds is 13. The Bertz CT molecular complexity index is 1200. The molecule has 1 amide bonds. The van der Waals surface area contributed by atoms with E-state index in [-0.39, 0.29) is 18.7 Å². The van der Waals surface area contributed by atoms with E-state index in [2.05, 4.69) is 45.9 Å². The Labute approximate surface area is 310 Å². The summed E-state index contributed by atoms with van der Waals surface area (Å²) in [6.45, 7) is 24.8. The second-order valence-electron chi connectivity index (χ2n) is 13.6. The van der Waals surface area contributed by atoms with Gasteiger partial charge in [-0.15, -0.1) is 0 Å². The minimum Gasteiger partial charge on any atom is -0.444 e. The van der Waals surface area contributed by atoms with Crippen LogP contribution in [0.5, 0.6) is 0 Å². The van der Waals surface area contributed by atoms with Gasteiger partial charge in [0.2, 0.25) is 0 Å². The molecular weight excluding hydrogens is 648 g/mol. The average Bonchev–Trinajstić information content (AvgIpc) is 3.68. The van der Waals surface area contributed by atoms with E-state index >= 15 is 0 Å². The summed E-state index contributed by atoms with van der Waals surface area (Å²) >= 11 is 0. The molecule has 1 fully saturated rings. The highest BCUT2D eigenvalue weighted by atomic mass is 16.6. The summed E-state index contributed by atoms with van der Waals surface area (Å²) < 4.78 is 17.4. The van der Waals surface area contributed by atoms with E-state index in [4.69, 9.17) is 14.2 Å². The predicted octanol–water partition coefficient (Wildman–Crippen LogP) is 8.58. The zero-order valence-corrected chi connectivity index (χ0v) is 34.7. The fourth-order valence-electron chi connectivity index (χ4n) is 4.82. The summed E-state index contributed by atoms with van der Waals surface area (Å²) in [5.41, 5.74) is 0.816. The van der Waals surface area contributed by atoms with E-state index in [0.717, 1.165) is 60.9 Å². The Morgan fingerprint density at radius 1 is 0.941 bits per heavy atom. The number of pyridine rings is 1. The van der Waals surface area contributed by atoms with Crippen LogP contribution in [-0.4, -0.2) is 98.1 Å². The molecular formula is C39H74N6O6. The van der Waals surface area contributed by atoms with Crippen LogP contribution in [0.25, 0.3) is 10.9 Å². The van der Waals surface area contributed by atoms with Crippen molar-refractivity contribution in [3.8, 4) is 0 Å². The molecule has 12 heteroatoms. The first-order valence-electron chi connectivity index (χ1n) is 18.9. The number of carbonyl (C=O) groups excluding carboxylic acids is 3. The van der Waals surface area contributed by atoms with Gasteiger partial charge in [-0.3, -0.25) is 4.90 Å². The van der Waals surface area contributed by atoms with E-state index in [9.17, 15) is 14.4 Å². The Morgan fingerprint density at radius 2 is 1.57 bits per heavy atom. The maximum Gasteiger partial charge on any atom is 0.419 e. The van der Waals surface area contributed by atoms with Gasteiger partial charge in [-0.05, 0) is 107 Å². The molecule has 1 atom stereocenters. The number of alkyl carbamates (subject to hydrolysis) is 1. The fraction of sp³-hybridized carbons (Fsp3) is 0.744. The number of nitrogens with one attached hydrogen (secondary N) is 3. The fourth-order valence-corrected chi connectivity index (χ4v) is 4.82. The summed E-state index contributed by atoms with van der Waals surface area (Å²) in [5, 5.41) is 9.73. The summed E-state index contributed by atoms with van der Waals surface area (Å²) in [7, 11) is 5.92. The molecule has 1 saturated heterocycles. The van der Waals surface area contributed by atoms with Gasteiger partial charge >= 0.3 is 12.2 Å². The van der Waals surface area contributed by atoms with Crippen molar-refractivity contribution in [2.45, 2.75) is 138 Å². The van der Waals surface area contributed by atoms with Crippen LogP contribution in [0, 0.1) is 0 Å². The number of carbonyl (C=O) groups is 3. The number of amides is 1. The zero-order chi connectivity index (χ0) is 39.5. The number of aldehydes is 1. The first-order valence-corrected chi connectivity index (χ1v) is 18.9. The van der Waals surface area contributed by atoms with Gasteiger partial charge < -0.3 is 35.0 Å². The Hall–Kier alpha value is -3.22. The van der Waals surface area contributed by atoms with Crippen LogP contribution in [0.2, 0.25) is 0 Å². The Morgan fingerprint density at radius 3 is 2.08 bits per heavy atom. The highest BCUT2D eigenvalue weighted by Gasteiger charge is 2.30. The van der Waals surface area contributed by atoms with E-state index in [0.29, 0.717) is 13.2 Å². The van der Waals surface area contributed by atoms with Crippen LogP contribution in [0.3, 0.4) is 0 Å². The highest BCUT2D eigenvalue weighted by Crippen LogP contribution is 2.35. The molecule has 2 aromatic rings. The van der Waals surface area contributed by atoms with Gasteiger partial charge in [-0.1, -0.05) is 47.5 Å². The SMILES string of the molecule is CC.CC.CC(C)(C)OC(=O)NCCCCOCC=O.CCCCCNC.CNc1cc2c(cn1)cc(C1CCCN1C)n2C(=O)OC(C)(C)C. The van der Waals surface area contributed by atoms with Crippen LogP contribution in [-0.2, 0) is 19.0 Å². The maximum atomic E-state index is 12.9. The van der Waals surface area contributed by atoms with Crippen molar-refractivity contribution in [3.05, 3.63) is 24.0 Å². The van der Waals surface area contributed by atoms with Crippen molar-refractivity contribution in [1.29, 1.82) is 0 Å². The van der Waals surface area contributed by atoms with Crippen molar-refractivity contribution in [1.82, 2.24) is 25.1 Å². The number of nitrogens with zero attached hydrogens (tertiary/aromatic N) is 3. The second kappa shape index (κ2) is 28.4. The lowest BCUT2D eigenvalue weighted by Crippen LogP contribution is -2.33. The molecule has 1 unspecified atom stereocenters. The molecule has 2 aromatic heterocycles. The quantitative estimate of drug-likeness (QED) is 0.136. The third kappa shape index (κ3) is 22.4. The van der Waals surface area contributed by atoms with Crippen LogP contribution < -0.4 is 16.0 Å². The summed E-state index contributed by atoms with van der Waals surface area (Å²) in [6.07, 6.45) is 9.60. The van der Waals surface area contributed by atoms with Gasteiger partial charge in [-0.25, -0.2) is 19.1 Å². The van der Waals surface area contributed by atoms with Crippen molar-refractivity contribution in [2.24, 2.45) is 0 Å². The molecule has 0 saturated carbocycles. The molecule has 0 radical (unpaired) electrons. The van der Waals surface area contributed by atoms with Crippen LogP contribution in [0.15, 0.2) is 18.3 Å². The zero-order valence-electron chi connectivity index (χ0n) is 34.7. The van der Waals surface area contributed by atoms with E-state index in [1.807, 2.05) is 89.4 Å². The van der Waals surface area contributed by atoms with Crippen LogP contribution in [0.4, 0.5) is 15.4 Å². The number of unbranched alkanes of at least 4 members (excludes halogenated alkanes) is 3. The molecule has 3 N–H and O–H groups in total. The number of likely N-dealkylation sites (tertiary alicyclic amines) is 1. The monoisotopic (exact) mass is 723 g/mol. The molecule has 0 bridgehead atoms. The molecule has 0 spiro atoms. The minimum absolute atomic E-state index is 0.138. The highest BCUT2D eigenvalue weighted by molar-refractivity contribution is 5.92. The van der Waals surface area contributed by atoms with Gasteiger partial charge in [0.05, 0.1) is 11.6 Å². The van der Waals surface area contributed by atoms with Crippen LogP contribution in [0.1, 0.15) is 133 Å². The van der Waals surface area contributed by atoms with Crippen LogP contribution >= 0.6 is 0 Å². The Balaban J connectivity index is 0. The van der Waals surface area contributed by atoms with Gasteiger partial charge in [-0.2, -0.15) is 0 Å². The molecule has 3 rings (SSSR count). The predicted molar refractivity (Wildman–Crippen MR) is 212 cm³/mol. The molecule has 3 heterocycles. The standard InChI is InChI=1S/C18H26N4O2.C11H21NO4.C6H15N.2C2H6/c1-18(2,3)24-17(23)22-14-10-16(19-4)20-11-12(14)9-15(22)13-7-6-8-21(13)5;1-11(2,3)16-10(14)12-6-4-5-8-15-9-7-13;1-3-4-5-6-7-2;2*1-2/h9-11,13H,6-8H2,1-5H3,(H,19,20);7H,4-6,8-9H2,1-3H3,(H,12,14);7H,3-6H2,1-2H3;2*1-2H3. The maximum absolute atomic E-state index is 12.9. The molecule has 12 nitrogen and oxygen atoms in total. The number of anilines is 1. The van der Waals surface area contributed by atoms with E-state index in [1.165, 1.54) is 25.8 Å². The summed E-state index contributed by atoms with van der Waals surface area (Å²) in [4.78, 5) is 40.7. The van der Waals surface area contributed by atoms with E-state index < -0.39 is 17.3 Å². The van der Waals surface area contributed by atoms with Gasteiger partial charge in [0.15, 0.2) is 0 Å². The molecule has 296 valence electrons. The van der Waals surface area contributed by atoms with Gasteiger partial charge in [0, 0.05) is 43.5 Å². The Kier molecular flexibility index (Phi) is 27.8. The second-order valence-corrected chi connectivity index (χ2v) is 13.6. The molecule has 1 aliphatic heterocycles. The normalized spacial score (nSPS) is 13.9. The molecule has 0 aliphatic carbocycles. The summed E-state index contributed by atoms with van der Waals surface area (Å²) in [6, 6.07) is 4.19. The number of fused-ring (bicyclic) bond motifs is 1. The van der Waals surface area contributed by atoms with Gasteiger partial charge in [0.1, 0.15) is 29.9 Å². The number of hydrogen-bond acceptors (Lipinski definition) is 10. The number of aromatic nitrogens is 2. The van der Waals surface area contributed by atoms with Crippen molar-refractivity contribution >= 4 is 35.2 Å². The minimum atomic E-state index is -0.536. The van der Waals surface area contributed by atoms with Crippen molar-refractivity contribution in [3.63, 3.8) is 0 Å². The lowest BCUT2D eigenvalue weighted by atomic mass is 10.1. The number of hydrogen-bond donors (Lipinski definition) is 3. The first-order chi connectivity index (χ1) is 24.2. The van der Waals surface area contributed by atoms with Crippen molar-refractivity contribution in [2.75, 3.05) is 59.3 Å². The number of ether oxygens (including phenoxy) is 3. The average molecular weight is 723 g/mol. The topological polar surface area (TPSA) is 136 Å². The van der Waals surface area contributed by atoms with E-state index in [1.54, 1.807) is 10.8 Å². The third-order valence-electron chi connectivity index (χ3n) is 7.01. The molecule has 1 aliphatic rings. The summed E-state index contributed by atoms with van der Waals surface area (Å²) in [5.74, 6) is 0.733. The molecule has 0 aromatic carbocycles. The smallest absolute Gasteiger partial charge is 0.419 e.